The van der Waals surface area contributed by atoms with E-state index in [1.807, 2.05) is 36.4 Å². The van der Waals surface area contributed by atoms with Crippen LogP contribution in [0.1, 0.15) is 13.8 Å². The fourth-order valence-electron chi connectivity index (χ4n) is 0.486. The standard InChI is InChI=1S/C8H10BrIO2/c1-6(2)7(9)8(11)12-5-3-4-10/h6-7H,5H2,1-2H3. The number of hydrogen-bond donors (Lipinski definition) is 0. The maximum absolute atomic E-state index is 11.1. The second kappa shape index (κ2) is 6.72. The molecule has 2 nitrogen and oxygen atoms in total. The van der Waals surface area contributed by atoms with E-state index >= 15 is 0 Å². The highest BCUT2D eigenvalue weighted by Crippen LogP contribution is 2.13. The summed E-state index contributed by atoms with van der Waals surface area (Å²) >= 11 is 5.14. The molecular weight excluding hydrogens is 335 g/mol. The van der Waals surface area contributed by atoms with Crippen molar-refractivity contribution in [3.05, 3.63) is 0 Å². The van der Waals surface area contributed by atoms with Crippen LogP contribution < -0.4 is 0 Å². The molecule has 0 aliphatic rings. The normalized spacial score (nSPS) is 11.8. The molecule has 0 rings (SSSR count). The minimum atomic E-state index is -0.246. The van der Waals surface area contributed by atoms with Crippen LogP contribution in [-0.4, -0.2) is 17.4 Å². The first kappa shape index (κ1) is 12.2. The van der Waals surface area contributed by atoms with Crippen molar-refractivity contribution < 1.29 is 9.53 Å². The van der Waals surface area contributed by atoms with Crippen LogP contribution in [0.3, 0.4) is 0 Å². The summed E-state index contributed by atoms with van der Waals surface area (Å²) in [6, 6.07) is 0. The van der Waals surface area contributed by atoms with Gasteiger partial charge in [-0.2, -0.15) is 0 Å². The molecule has 0 spiro atoms. The maximum Gasteiger partial charge on any atom is 0.320 e. The molecule has 0 N–H and O–H groups in total. The van der Waals surface area contributed by atoms with Gasteiger partial charge >= 0.3 is 5.97 Å². The summed E-state index contributed by atoms with van der Waals surface area (Å²) in [5.74, 6) is 2.64. The molecule has 0 bridgehead atoms. The molecule has 0 radical (unpaired) electrons. The average molecular weight is 345 g/mol. The second-order valence-corrected chi connectivity index (χ2v) is 4.05. The van der Waals surface area contributed by atoms with Gasteiger partial charge in [-0.05, 0) is 9.85 Å². The maximum atomic E-state index is 11.1. The summed E-state index contributed by atoms with van der Waals surface area (Å²) in [5.41, 5.74) is 0. The highest BCUT2D eigenvalue weighted by Gasteiger charge is 2.19. The summed E-state index contributed by atoms with van der Waals surface area (Å²) < 4.78 is 7.46. The Balaban J connectivity index is 3.77. The van der Waals surface area contributed by atoms with Gasteiger partial charge in [0.25, 0.3) is 0 Å². The first-order valence-corrected chi connectivity index (χ1v) is 5.48. The Morgan fingerprint density at radius 2 is 2.25 bits per heavy atom. The van der Waals surface area contributed by atoms with E-state index in [4.69, 9.17) is 4.74 Å². The van der Waals surface area contributed by atoms with Crippen LogP contribution in [-0.2, 0) is 9.53 Å². The van der Waals surface area contributed by atoms with E-state index in [-0.39, 0.29) is 23.3 Å². The number of carbonyl (C=O) groups is 1. The predicted molar refractivity (Wildman–Crippen MR) is 60.3 cm³/mol. The van der Waals surface area contributed by atoms with Crippen molar-refractivity contribution in [1.82, 2.24) is 0 Å². The molecule has 1 atom stereocenters. The van der Waals surface area contributed by atoms with Gasteiger partial charge in [-0.25, -0.2) is 0 Å². The minimum Gasteiger partial charge on any atom is -0.452 e. The molecule has 0 saturated carbocycles. The van der Waals surface area contributed by atoms with Crippen molar-refractivity contribution in [3.63, 3.8) is 0 Å². The summed E-state index contributed by atoms with van der Waals surface area (Å²) in [5, 5.41) is 0. The summed E-state index contributed by atoms with van der Waals surface area (Å²) in [4.78, 5) is 10.9. The first-order chi connectivity index (χ1) is 5.59. The zero-order valence-electron chi connectivity index (χ0n) is 6.93. The fraction of sp³-hybridized carbons (Fsp3) is 0.625. The van der Waals surface area contributed by atoms with Gasteiger partial charge in [0.1, 0.15) is 4.83 Å². The van der Waals surface area contributed by atoms with Gasteiger partial charge < -0.3 is 4.74 Å². The molecule has 12 heavy (non-hydrogen) atoms. The van der Waals surface area contributed by atoms with Gasteiger partial charge in [-0.1, -0.05) is 35.7 Å². The monoisotopic (exact) mass is 344 g/mol. The minimum absolute atomic E-state index is 0.177. The molecule has 0 aromatic rings. The summed E-state index contributed by atoms with van der Waals surface area (Å²) in [6.07, 6.45) is 0. The molecule has 4 heteroatoms. The molecule has 68 valence electrons. The topological polar surface area (TPSA) is 26.3 Å². The van der Waals surface area contributed by atoms with E-state index < -0.39 is 0 Å². The molecular formula is C8H10BrIO2. The largest absolute Gasteiger partial charge is 0.452 e. The number of rotatable bonds is 3. The summed E-state index contributed by atoms with van der Waals surface area (Å²) in [7, 11) is 0. The summed E-state index contributed by atoms with van der Waals surface area (Å²) in [6.45, 7) is 4.08. The van der Waals surface area contributed by atoms with Crippen LogP contribution in [0.4, 0.5) is 0 Å². The van der Waals surface area contributed by atoms with Gasteiger partial charge in [0.2, 0.25) is 0 Å². The fourth-order valence-corrected chi connectivity index (χ4v) is 0.774. The van der Waals surface area contributed by atoms with Crippen LogP contribution in [0.25, 0.3) is 0 Å². The smallest absolute Gasteiger partial charge is 0.320 e. The van der Waals surface area contributed by atoms with E-state index in [2.05, 4.69) is 25.8 Å². The van der Waals surface area contributed by atoms with Gasteiger partial charge in [-0.3, -0.25) is 4.79 Å². The number of ether oxygens (including phenoxy) is 1. The molecule has 0 heterocycles. The average Bonchev–Trinajstić information content (AvgIpc) is 2.03. The first-order valence-electron chi connectivity index (χ1n) is 3.48. The lowest BCUT2D eigenvalue weighted by Gasteiger charge is -2.10. The Kier molecular flexibility index (Phi) is 6.86. The van der Waals surface area contributed by atoms with Crippen molar-refractivity contribution in [2.45, 2.75) is 18.7 Å². The van der Waals surface area contributed by atoms with Crippen LogP contribution in [0.15, 0.2) is 0 Å². The van der Waals surface area contributed by atoms with Crippen LogP contribution in [0.2, 0.25) is 0 Å². The third kappa shape index (κ3) is 4.99. The Labute approximate surface area is 94.7 Å². The van der Waals surface area contributed by atoms with Gasteiger partial charge in [0.05, 0.1) is 0 Å². The number of carbonyl (C=O) groups excluding carboxylic acids is 1. The number of halogens is 2. The van der Waals surface area contributed by atoms with E-state index in [1.165, 1.54) is 0 Å². The Morgan fingerprint density at radius 3 is 2.67 bits per heavy atom. The van der Waals surface area contributed by atoms with E-state index in [0.717, 1.165) is 0 Å². The SMILES string of the molecule is CC(C)C(Br)C(=O)OCC#CI. The lowest BCUT2D eigenvalue weighted by Crippen LogP contribution is -2.22. The van der Waals surface area contributed by atoms with E-state index in [1.54, 1.807) is 0 Å². The third-order valence-corrected chi connectivity index (χ3v) is 2.98. The number of alkyl halides is 1. The Hall–Kier alpha value is 0.240. The molecule has 0 aromatic heterocycles. The van der Waals surface area contributed by atoms with Crippen molar-refractivity contribution >= 4 is 44.5 Å². The lowest BCUT2D eigenvalue weighted by atomic mass is 10.1. The highest BCUT2D eigenvalue weighted by molar-refractivity contribution is 14.1. The predicted octanol–water partition coefficient (Wildman–Crippen LogP) is 2.35. The van der Waals surface area contributed by atoms with Crippen LogP contribution >= 0.6 is 38.5 Å². The van der Waals surface area contributed by atoms with Crippen LogP contribution in [0, 0.1) is 15.8 Å². The van der Waals surface area contributed by atoms with Crippen molar-refractivity contribution in [3.8, 4) is 9.85 Å². The van der Waals surface area contributed by atoms with Gasteiger partial charge in [-0.15, -0.1) is 0 Å². The van der Waals surface area contributed by atoms with Gasteiger partial charge in [0.15, 0.2) is 6.61 Å². The molecule has 1 unspecified atom stereocenters. The zero-order valence-corrected chi connectivity index (χ0v) is 10.7. The van der Waals surface area contributed by atoms with E-state index in [9.17, 15) is 4.79 Å². The highest BCUT2D eigenvalue weighted by atomic mass is 127. The molecule has 0 aliphatic heterocycles. The number of esters is 1. The Morgan fingerprint density at radius 1 is 1.67 bits per heavy atom. The zero-order chi connectivity index (χ0) is 9.56. The molecule has 0 fully saturated rings. The molecule has 0 amide bonds. The molecule has 0 aliphatic carbocycles. The van der Waals surface area contributed by atoms with E-state index in [0.29, 0.717) is 0 Å². The molecule has 0 saturated heterocycles. The number of hydrogen-bond acceptors (Lipinski definition) is 2. The van der Waals surface area contributed by atoms with Crippen LogP contribution in [0.5, 0.6) is 0 Å². The quantitative estimate of drug-likeness (QED) is 0.340. The van der Waals surface area contributed by atoms with Crippen molar-refractivity contribution in [1.29, 1.82) is 0 Å². The van der Waals surface area contributed by atoms with Crippen molar-refractivity contribution in [2.75, 3.05) is 6.61 Å². The molecule has 0 aromatic carbocycles. The third-order valence-electron chi connectivity index (χ3n) is 1.16. The second-order valence-electron chi connectivity index (χ2n) is 2.52. The Bertz CT molecular complexity index is 205. The van der Waals surface area contributed by atoms with Crippen molar-refractivity contribution in [2.24, 2.45) is 5.92 Å². The van der Waals surface area contributed by atoms with Gasteiger partial charge in [0, 0.05) is 22.6 Å². The lowest BCUT2D eigenvalue weighted by molar-refractivity contribution is -0.142.